The fourth-order valence-electron chi connectivity index (χ4n) is 2.55. The molecule has 0 heterocycles. The Morgan fingerprint density at radius 3 is 2.58 bits per heavy atom. The molecule has 0 fully saturated rings. The summed E-state index contributed by atoms with van der Waals surface area (Å²) in [6.45, 7) is 1.58. The minimum absolute atomic E-state index is 0.186. The molecule has 104 valence electrons. The highest BCUT2D eigenvalue weighted by molar-refractivity contribution is 5.32. The van der Waals surface area contributed by atoms with Crippen LogP contribution in [0.3, 0.4) is 0 Å². The van der Waals surface area contributed by atoms with Crippen molar-refractivity contribution in [3.05, 3.63) is 46.5 Å². The number of halogens is 2. The van der Waals surface area contributed by atoms with Crippen molar-refractivity contribution < 1.29 is 13.9 Å². The van der Waals surface area contributed by atoms with E-state index in [9.17, 15) is 13.9 Å². The van der Waals surface area contributed by atoms with Crippen molar-refractivity contribution in [3.63, 3.8) is 0 Å². The molecule has 0 saturated heterocycles. The van der Waals surface area contributed by atoms with Crippen LogP contribution < -0.4 is 0 Å². The first-order valence-corrected chi connectivity index (χ1v) is 6.92. The van der Waals surface area contributed by atoms with Crippen LogP contribution in [-0.4, -0.2) is 5.11 Å². The number of rotatable bonds is 2. The van der Waals surface area contributed by atoms with Crippen LogP contribution in [0.5, 0.6) is 0 Å². The van der Waals surface area contributed by atoms with Crippen LogP contribution in [0, 0.1) is 18.6 Å². The first-order valence-electron chi connectivity index (χ1n) is 6.92. The van der Waals surface area contributed by atoms with Crippen molar-refractivity contribution in [1.29, 1.82) is 0 Å². The Balaban J connectivity index is 2.27. The highest BCUT2D eigenvalue weighted by Gasteiger charge is 2.19. The topological polar surface area (TPSA) is 20.2 Å². The van der Waals surface area contributed by atoms with Crippen molar-refractivity contribution in [2.45, 2.75) is 51.6 Å². The fourth-order valence-corrected chi connectivity index (χ4v) is 2.55. The molecule has 1 N–H and O–H groups in total. The van der Waals surface area contributed by atoms with Crippen LogP contribution in [0.25, 0.3) is 0 Å². The highest BCUT2D eigenvalue weighted by atomic mass is 19.1. The lowest BCUT2D eigenvalue weighted by molar-refractivity contribution is 0.204. The van der Waals surface area contributed by atoms with Gasteiger partial charge in [0, 0.05) is 11.6 Å². The third-order valence-corrected chi connectivity index (χ3v) is 3.75. The van der Waals surface area contributed by atoms with E-state index in [1.165, 1.54) is 12.5 Å². The summed E-state index contributed by atoms with van der Waals surface area (Å²) < 4.78 is 27.0. The Bertz CT molecular complexity index is 480. The van der Waals surface area contributed by atoms with Gasteiger partial charge in [0.2, 0.25) is 0 Å². The average Bonchev–Trinajstić information content (AvgIpc) is 2.32. The molecule has 2 rings (SSSR count). The number of hydrogen-bond acceptors (Lipinski definition) is 1. The van der Waals surface area contributed by atoms with Gasteiger partial charge in [-0.1, -0.05) is 18.9 Å². The molecule has 1 aromatic rings. The summed E-state index contributed by atoms with van der Waals surface area (Å²) in [6, 6.07) is 2.27. The van der Waals surface area contributed by atoms with Gasteiger partial charge in [0.1, 0.15) is 17.7 Å². The number of aryl methyl sites for hydroxylation is 1. The zero-order valence-electron chi connectivity index (χ0n) is 11.3. The summed E-state index contributed by atoms with van der Waals surface area (Å²) in [6.07, 6.45) is 7.27. The molecule has 1 aliphatic rings. The Labute approximate surface area is 113 Å². The molecule has 0 saturated carbocycles. The molecule has 1 atom stereocenters. The van der Waals surface area contributed by atoms with Crippen LogP contribution in [0.4, 0.5) is 8.78 Å². The van der Waals surface area contributed by atoms with Crippen LogP contribution >= 0.6 is 0 Å². The number of benzene rings is 1. The second-order valence-electron chi connectivity index (χ2n) is 5.26. The Kier molecular flexibility index (Phi) is 4.70. The van der Waals surface area contributed by atoms with E-state index in [4.69, 9.17) is 0 Å². The molecule has 1 aliphatic carbocycles. The van der Waals surface area contributed by atoms with E-state index in [1.54, 1.807) is 6.92 Å². The Morgan fingerprint density at radius 2 is 1.79 bits per heavy atom. The number of hydrogen-bond donors (Lipinski definition) is 1. The van der Waals surface area contributed by atoms with E-state index < -0.39 is 17.7 Å². The van der Waals surface area contributed by atoms with E-state index in [-0.39, 0.29) is 5.56 Å². The summed E-state index contributed by atoms with van der Waals surface area (Å²) in [5.41, 5.74) is 1.41. The minimum atomic E-state index is -0.947. The van der Waals surface area contributed by atoms with Gasteiger partial charge in [-0.3, -0.25) is 0 Å². The molecule has 19 heavy (non-hydrogen) atoms. The van der Waals surface area contributed by atoms with Gasteiger partial charge in [0.05, 0.1) is 0 Å². The molecule has 0 aliphatic heterocycles. The standard InChI is InChI=1S/C16H20F2O/c1-11-9-13(15(18)10-14(11)17)16(19)12-7-5-3-2-4-6-8-12/h7,9-10,16,19H,2-6,8H2,1H3/b12-7+. The smallest absolute Gasteiger partial charge is 0.132 e. The summed E-state index contributed by atoms with van der Waals surface area (Å²) in [7, 11) is 0. The summed E-state index contributed by atoms with van der Waals surface area (Å²) in [4.78, 5) is 0. The molecule has 0 radical (unpaired) electrons. The van der Waals surface area contributed by atoms with Gasteiger partial charge in [-0.15, -0.1) is 0 Å². The maximum Gasteiger partial charge on any atom is 0.132 e. The molecule has 0 spiro atoms. The third kappa shape index (κ3) is 3.41. The molecule has 1 nitrogen and oxygen atoms in total. The average molecular weight is 266 g/mol. The molecule has 0 amide bonds. The normalized spacial score (nSPS) is 21.2. The number of aliphatic hydroxyl groups excluding tert-OH is 1. The lowest BCUT2D eigenvalue weighted by atomic mass is 9.92. The Hall–Kier alpha value is -1.22. The first kappa shape index (κ1) is 14.2. The van der Waals surface area contributed by atoms with Crippen molar-refractivity contribution in [2.75, 3.05) is 0 Å². The van der Waals surface area contributed by atoms with E-state index in [0.717, 1.165) is 43.7 Å². The summed E-state index contributed by atoms with van der Waals surface area (Å²) in [5, 5.41) is 10.3. The first-order chi connectivity index (χ1) is 9.09. The van der Waals surface area contributed by atoms with E-state index >= 15 is 0 Å². The van der Waals surface area contributed by atoms with Crippen molar-refractivity contribution in [2.24, 2.45) is 0 Å². The predicted octanol–water partition coefficient (Wildman–Crippen LogP) is 4.59. The van der Waals surface area contributed by atoms with E-state index in [0.29, 0.717) is 5.56 Å². The second-order valence-corrected chi connectivity index (χ2v) is 5.26. The largest absolute Gasteiger partial charge is 0.384 e. The minimum Gasteiger partial charge on any atom is -0.384 e. The SMILES string of the molecule is Cc1cc(C(O)/C2=C/CCCCCC2)c(F)cc1F. The maximum absolute atomic E-state index is 13.8. The van der Waals surface area contributed by atoms with E-state index in [1.807, 2.05) is 6.08 Å². The van der Waals surface area contributed by atoms with Crippen LogP contribution in [-0.2, 0) is 0 Å². The van der Waals surface area contributed by atoms with Gasteiger partial charge in [0.25, 0.3) is 0 Å². The second kappa shape index (κ2) is 6.29. The number of allylic oxidation sites excluding steroid dienone is 1. The zero-order valence-corrected chi connectivity index (χ0v) is 11.3. The van der Waals surface area contributed by atoms with Gasteiger partial charge in [-0.25, -0.2) is 8.78 Å². The van der Waals surface area contributed by atoms with Crippen molar-refractivity contribution >= 4 is 0 Å². The van der Waals surface area contributed by atoms with Crippen LogP contribution in [0.1, 0.15) is 55.8 Å². The molecule has 1 aromatic carbocycles. The van der Waals surface area contributed by atoms with Gasteiger partial charge < -0.3 is 5.11 Å². The van der Waals surface area contributed by atoms with Crippen molar-refractivity contribution in [3.8, 4) is 0 Å². The zero-order chi connectivity index (χ0) is 13.8. The molecular weight excluding hydrogens is 246 g/mol. The van der Waals surface area contributed by atoms with E-state index in [2.05, 4.69) is 0 Å². The van der Waals surface area contributed by atoms with Gasteiger partial charge in [0.15, 0.2) is 0 Å². The Morgan fingerprint density at radius 1 is 1.05 bits per heavy atom. The lowest BCUT2D eigenvalue weighted by Gasteiger charge is -2.19. The molecular formula is C16H20F2O. The highest BCUT2D eigenvalue weighted by Crippen LogP contribution is 2.31. The van der Waals surface area contributed by atoms with Crippen molar-refractivity contribution in [1.82, 2.24) is 0 Å². The summed E-state index contributed by atoms with van der Waals surface area (Å²) in [5.74, 6) is -1.24. The molecule has 1 unspecified atom stereocenters. The van der Waals surface area contributed by atoms with Crippen LogP contribution in [0.2, 0.25) is 0 Å². The molecule has 0 bridgehead atoms. The third-order valence-electron chi connectivity index (χ3n) is 3.75. The van der Waals surface area contributed by atoms with Crippen LogP contribution in [0.15, 0.2) is 23.8 Å². The quantitative estimate of drug-likeness (QED) is 0.776. The maximum atomic E-state index is 13.8. The fraction of sp³-hybridized carbons (Fsp3) is 0.500. The summed E-state index contributed by atoms with van der Waals surface area (Å²) >= 11 is 0. The van der Waals surface area contributed by atoms with Gasteiger partial charge >= 0.3 is 0 Å². The lowest BCUT2D eigenvalue weighted by Crippen LogP contribution is -2.07. The monoisotopic (exact) mass is 266 g/mol. The molecule has 3 heteroatoms. The van der Waals surface area contributed by atoms with Gasteiger partial charge in [-0.05, 0) is 49.8 Å². The van der Waals surface area contributed by atoms with Gasteiger partial charge in [-0.2, -0.15) is 0 Å². The molecule has 0 aromatic heterocycles. The number of aliphatic hydroxyl groups is 1. The predicted molar refractivity (Wildman–Crippen MR) is 71.8 cm³/mol.